The molecule has 0 radical (unpaired) electrons. The summed E-state index contributed by atoms with van der Waals surface area (Å²) in [6.45, 7) is 0. The summed E-state index contributed by atoms with van der Waals surface area (Å²) in [6.07, 6.45) is 0. The van der Waals surface area contributed by atoms with E-state index in [4.69, 9.17) is 0 Å². The Kier molecular flexibility index (Phi) is 4.29. The van der Waals surface area contributed by atoms with Crippen LogP contribution in [0, 0.1) is 10.1 Å². The Morgan fingerprint density at radius 2 is 1.59 bits per heavy atom. The fourth-order valence-corrected chi connectivity index (χ4v) is 3.23. The van der Waals surface area contributed by atoms with Crippen molar-refractivity contribution in [1.29, 1.82) is 0 Å². The first kappa shape index (κ1) is 17.1. The van der Waals surface area contributed by atoms with Crippen molar-refractivity contribution in [2.24, 2.45) is 0 Å². The van der Waals surface area contributed by atoms with Gasteiger partial charge < -0.3 is 0 Å². The maximum atomic E-state index is 13.2. The van der Waals surface area contributed by atoms with E-state index in [9.17, 15) is 14.9 Å². The van der Waals surface area contributed by atoms with Crippen molar-refractivity contribution < 1.29 is 4.92 Å². The molecular formula is C20H12BrN3O3. The Hall–Kier alpha value is -3.32. The number of hydrogen-bond donors (Lipinski definition) is 0. The van der Waals surface area contributed by atoms with Crippen LogP contribution in [0.4, 0.5) is 5.69 Å². The van der Waals surface area contributed by atoms with E-state index in [1.165, 1.54) is 10.6 Å². The second-order valence-corrected chi connectivity index (χ2v) is 6.76. The summed E-state index contributed by atoms with van der Waals surface area (Å²) in [5.74, 6) is 0.230. The van der Waals surface area contributed by atoms with Gasteiger partial charge in [0.2, 0.25) is 0 Å². The van der Waals surface area contributed by atoms with Gasteiger partial charge in [-0.3, -0.25) is 19.5 Å². The van der Waals surface area contributed by atoms with Crippen LogP contribution in [0.3, 0.4) is 0 Å². The Morgan fingerprint density at radius 1 is 0.926 bits per heavy atom. The number of aromatic nitrogens is 2. The van der Waals surface area contributed by atoms with Crippen molar-refractivity contribution in [3.63, 3.8) is 0 Å². The van der Waals surface area contributed by atoms with Crippen LogP contribution >= 0.6 is 15.9 Å². The third-order valence-corrected chi connectivity index (χ3v) is 4.73. The highest BCUT2D eigenvalue weighted by atomic mass is 79.9. The quantitative estimate of drug-likeness (QED) is 0.354. The molecule has 3 aromatic carbocycles. The smallest absolute Gasteiger partial charge is 0.268 e. The monoisotopic (exact) mass is 421 g/mol. The van der Waals surface area contributed by atoms with Crippen molar-refractivity contribution in [1.82, 2.24) is 9.55 Å². The van der Waals surface area contributed by atoms with Crippen molar-refractivity contribution in [2.45, 2.75) is 0 Å². The molecule has 4 rings (SSSR count). The molecule has 1 heterocycles. The van der Waals surface area contributed by atoms with Crippen LogP contribution in [-0.4, -0.2) is 14.5 Å². The molecule has 0 amide bonds. The molecule has 0 atom stereocenters. The molecule has 0 aliphatic heterocycles. The SMILES string of the molecule is O=c1c2ccccc2nc(-c2ccccc2[N+](=O)[O-])n1-c1ccc(Br)cc1. The number of nitro groups is 1. The average molecular weight is 422 g/mol. The fraction of sp³-hybridized carbons (Fsp3) is 0. The first-order valence-corrected chi connectivity index (χ1v) is 8.87. The number of fused-ring (bicyclic) bond motifs is 1. The lowest BCUT2D eigenvalue weighted by molar-refractivity contribution is -0.384. The van der Waals surface area contributed by atoms with E-state index in [0.717, 1.165) is 4.47 Å². The molecule has 1 aromatic heterocycles. The Balaban J connectivity index is 2.14. The minimum absolute atomic E-state index is 0.106. The molecule has 0 aliphatic rings. The zero-order chi connectivity index (χ0) is 19.0. The van der Waals surface area contributed by atoms with Gasteiger partial charge in [0.05, 0.1) is 27.1 Å². The van der Waals surface area contributed by atoms with E-state index in [2.05, 4.69) is 20.9 Å². The van der Waals surface area contributed by atoms with Gasteiger partial charge >= 0.3 is 0 Å². The average Bonchev–Trinajstić information content (AvgIpc) is 2.69. The van der Waals surface area contributed by atoms with Crippen LogP contribution in [0.1, 0.15) is 0 Å². The molecule has 0 N–H and O–H groups in total. The third-order valence-electron chi connectivity index (χ3n) is 4.20. The van der Waals surface area contributed by atoms with Crippen LogP contribution in [0.25, 0.3) is 28.0 Å². The molecule has 7 heteroatoms. The summed E-state index contributed by atoms with van der Waals surface area (Å²) in [5, 5.41) is 12.0. The van der Waals surface area contributed by atoms with Gasteiger partial charge in [0.25, 0.3) is 11.2 Å². The van der Waals surface area contributed by atoms with Gasteiger partial charge in [0.15, 0.2) is 5.82 Å². The second kappa shape index (κ2) is 6.77. The van der Waals surface area contributed by atoms with E-state index >= 15 is 0 Å². The molecular weight excluding hydrogens is 410 g/mol. The van der Waals surface area contributed by atoms with Crippen LogP contribution in [0.5, 0.6) is 0 Å². The highest BCUT2D eigenvalue weighted by Crippen LogP contribution is 2.30. The zero-order valence-electron chi connectivity index (χ0n) is 13.9. The zero-order valence-corrected chi connectivity index (χ0v) is 15.5. The molecule has 0 unspecified atom stereocenters. The summed E-state index contributed by atoms with van der Waals surface area (Å²) in [6, 6.07) is 20.4. The van der Waals surface area contributed by atoms with Crippen LogP contribution < -0.4 is 5.56 Å². The van der Waals surface area contributed by atoms with Crippen molar-refractivity contribution >= 4 is 32.5 Å². The van der Waals surface area contributed by atoms with Crippen LogP contribution in [0.2, 0.25) is 0 Å². The van der Waals surface area contributed by atoms with Crippen molar-refractivity contribution in [3.8, 4) is 17.1 Å². The Morgan fingerprint density at radius 3 is 2.33 bits per heavy atom. The lowest BCUT2D eigenvalue weighted by Gasteiger charge is -2.14. The molecule has 4 aromatic rings. The van der Waals surface area contributed by atoms with Crippen LogP contribution in [0.15, 0.2) is 82.1 Å². The summed E-state index contributed by atoms with van der Waals surface area (Å²) in [7, 11) is 0. The first-order chi connectivity index (χ1) is 13.1. The highest BCUT2D eigenvalue weighted by molar-refractivity contribution is 9.10. The third kappa shape index (κ3) is 3.02. The number of halogens is 1. The van der Waals surface area contributed by atoms with Gasteiger partial charge in [0.1, 0.15) is 0 Å². The number of hydrogen-bond acceptors (Lipinski definition) is 4. The number of benzene rings is 3. The number of nitro benzene ring substituents is 1. The molecule has 0 saturated heterocycles. The highest BCUT2D eigenvalue weighted by Gasteiger charge is 2.21. The van der Waals surface area contributed by atoms with Gasteiger partial charge in [-0.05, 0) is 42.5 Å². The largest absolute Gasteiger partial charge is 0.280 e. The van der Waals surface area contributed by atoms with E-state index in [-0.39, 0.29) is 22.6 Å². The van der Waals surface area contributed by atoms with E-state index in [0.29, 0.717) is 16.6 Å². The number of nitrogens with zero attached hydrogens (tertiary/aromatic N) is 3. The predicted molar refractivity (Wildman–Crippen MR) is 107 cm³/mol. The maximum absolute atomic E-state index is 13.2. The van der Waals surface area contributed by atoms with E-state index < -0.39 is 4.92 Å². The number of para-hydroxylation sites is 2. The number of rotatable bonds is 3. The maximum Gasteiger partial charge on any atom is 0.280 e. The normalized spacial score (nSPS) is 10.9. The second-order valence-electron chi connectivity index (χ2n) is 5.84. The minimum atomic E-state index is -0.470. The Bertz CT molecular complexity index is 1230. The first-order valence-electron chi connectivity index (χ1n) is 8.08. The molecule has 0 spiro atoms. The summed E-state index contributed by atoms with van der Waals surface area (Å²) < 4.78 is 2.28. The van der Waals surface area contributed by atoms with Gasteiger partial charge in [-0.2, -0.15) is 0 Å². The van der Waals surface area contributed by atoms with E-state index in [1.807, 2.05) is 0 Å². The summed E-state index contributed by atoms with van der Waals surface area (Å²) >= 11 is 3.38. The fourth-order valence-electron chi connectivity index (χ4n) is 2.97. The lowest BCUT2D eigenvalue weighted by Crippen LogP contribution is -2.22. The van der Waals surface area contributed by atoms with Gasteiger partial charge in [0, 0.05) is 10.5 Å². The lowest BCUT2D eigenvalue weighted by atomic mass is 10.1. The van der Waals surface area contributed by atoms with Crippen molar-refractivity contribution in [3.05, 3.63) is 97.7 Å². The molecule has 132 valence electrons. The topological polar surface area (TPSA) is 78.0 Å². The van der Waals surface area contributed by atoms with Gasteiger partial charge in [-0.1, -0.05) is 40.2 Å². The molecule has 0 fully saturated rings. The van der Waals surface area contributed by atoms with Crippen molar-refractivity contribution in [2.75, 3.05) is 0 Å². The minimum Gasteiger partial charge on any atom is -0.268 e. The Labute approximate surface area is 162 Å². The standard InChI is InChI=1S/C20H12BrN3O3/c21-13-9-11-14(12-10-13)23-19(16-6-2-4-8-18(16)24(26)27)22-17-7-3-1-5-15(17)20(23)25/h1-12H. The molecule has 0 saturated carbocycles. The predicted octanol–water partition coefficient (Wildman–Crippen LogP) is 4.72. The molecule has 27 heavy (non-hydrogen) atoms. The molecule has 0 aliphatic carbocycles. The summed E-state index contributed by atoms with van der Waals surface area (Å²) in [5.41, 5.74) is 0.966. The molecule has 0 bridgehead atoms. The van der Waals surface area contributed by atoms with Gasteiger partial charge in [-0.15, -0.1) is 0 Å². The molecule has 6 nitrogen and oxygen atoms in total. The van der Waals surface area contributed by atoms with Crippen LogP contribution in [-0.2, 0) is 0 Å². The van der Waals surface area contributed by atoms with E-state index in [1.54, 1.807) is 66.7 Å². The van der Waals surface area contributed by atoms with Gasteiger partial charge in [-0.25, -0.2) is 4.98 Å². The summed E-state index contributed by atoms with van der Waals surface area (Å²) in [4.78, 5) is 28.9.